The van der Waals surface area contributed by atoms with E-state index in [-0.39, 0.29) is 96.0 Å². The van der Waals surface area contributed by atoms with Crippen molar-refractivity contribution in [2.75, 3.05) is 14.2 Å². The van der Waals surface area contributed by atoms with Crippen LogP contribution in [0.4, 0.5) is 0 Å². The van der Waals surface area contributed by atoms with Gasteiger partial charge in [0, 0.05) is 70.6 Å². The van der Waals surface area contributed by atoms with Gasteiger partial charge in [-0.15, -0.1) is 0 Å². The maximum atomic E-state index is 10.9. The second-order valence-electron chi connectivity index (χ2n) is 16.0. The van der Waals surface area contributed by atoms with Crippen LogP contribution in [0.15, 0.2) is 122 Å². The molecule has 0 amide bonds. The van der Waals surface area contributed by atoms with Gasteiger partial charge in [-0.2, -0.15) is 0 Å². The summed E-state index contributed by atoms with van der Waals surface area (Å²) in [6.07, 6.45) is 7.21. The van der Waals surface area contributed by atoms with E-state index in [1.54, 1.807) is 49.1 Å². The number of fused-ring (bicyclic) bond motifs is 6. The molecule has 0 radical (unpaired) electrons. The second kappa shape index (κ2) is 36.1. The standard InChI is InChI=1S/2C12H18ClO4P.2C12H8N2.2CH4O.4H2O.2Zn/c2*1-7(2)10-5-9(13)6-11(8(3)4)12(10)17-18(14,15)16;2*1-3-9-5-6-10-4-2-8-14-12(10)11(9)13-7-1;2*1-2;;;;;;/h2*5-8H,1-4H3,(H2,14,15,16);2*1-8H;2*2H,1H3;4*1H2;;/q;;;;;;;;;;2*+2/p-2. The van der Waals surface area contributed by atoms with Crippen LogP contribution >= 0.6 is 38.8 Å². The van der Waals surface area contributed by atoms with Crippen molar-refractivity contribution in [3.8, 4) is 11.5 Å². The van der Waals surface area contributed by atoms with Gasteiger partial charge < -0.3 is 69.9 Å². The summed E-state index contributed by atoms with van der Waals surface area (Å²) in [6.45, 7) is 15.0. The topological polar surface area (TPSA) is 366 Å². The number of halogens is 2. The Morgan fingerprint density at radius 3 is 0.784 bits per heavy atom. The van der Waals surface area contributed by atoms with Crippen LogP contribution in [0.5, 0.6) is 11.5 Å². The third-order valence-corrected chi connectivity index (χ3v) is 11.1. The van der Waals surface area contributed by atoms with Gasteiger partial charge in [0.05, 0.1) is 22.1 Å². The molecule has 0 saturated carbocycles. The molecule has 0 aliphatic heterocycles. The summed E-state index contributed by atoms with van der Waals surface area (Å²) < 4.78 is 31.0. The molecular formula is C50H66Cl2N4O14P2Zn2+2. The Kier molecular flexibility index (Phi) is 37.3. The Labute approximate surface area is 467 Å². The molecule has 4 aromatic carbocycles. The van der Waals surface area contributed by atoms with E-state index < -0.39 is 15.6 Å². The van der Waals surface area contributed by atoms with E-state index in [9.17, 15) is 28.7 Å². The maximum Gasteiger partial charge on any atom is 2.00 e. The molecule has 4 aromatic heterocycles. The summed E-state index contributed by atoms with van der Waals surface area (Å²) in [4.78, 5) is 60.8. The first-order valence-electron chi connectivity index (χ1n) is 21.3. The minimum atomic E-state index is -5.08. The third-order valence-electron chi connectivity index (χ3n) is 9.81. The van der Waals surface area contributed by atoms with Gasteiger partial charge in [-0.1, -0.05) is 127 Å². The largest absolute Gasteiger partial charge is 2.00 e. The maximum absolute atomic E-state index is 10.9. The summed E-state index contributed by atoms with van der Waals surface area (Å²) in [7, 11) is -8.16. The first kappa shape index (κ1) is 76.5. The Morgan fingerprint density at radius 2 is 0.622 bits per heavy atom. The van der Waals surface area contributed by atoms with E-state index in [0.29, 0.717) is 32.3 Å². The molecule has 8 aromatic rings. The normalized spacial score (nSPS) is 10.2. The van der Waals surface area contributed by atoms with E-state index in [2.05, 4.69) is 77.5 Å². The number of aliphatic hydroxyl groups is 2. The Balaban J connectivity index is -0.000000421. The molecule has 0 aliphatic carbocycles. The number of pyridine rings is 4. The molecule has 12 N–H and O–H groups in total. The molecule has 0 atom stereocenters. The SMILES string of the molecule is CC(C)c1cc(Cl)cc(C(C)C)c1OP(=O)([O-])[O-].CC(C)c1cc(Cl)cc(C(C)C)c1OP(=O)([O-])[O-].CO.CO.O.O.[OH3+].[OH3+].[Zn+2].[Zn+2].c1cnc2c(c1)ccc1cccnc12.c1cnc2c(c1)ccc1cccnc12. The monoisotopic (exact) mass is 1210 g/mol. The van der Waals surface area contributed by atoms with Gasteiger partial charge in [-0.3, -0.25) is 19.9 Å². The third kappa shape index (κ3) is 22.7. The van der Waals surface area contributed by atoms with Gasteiger partial charge >= 0.3 is 39.0 Å². The minimum absolute atomic E-state index is 0. The van der Waals surface area contributed by atoms with Gasteiger partial charge in [0.25, 0.3) is 0 Å². The average Bonchev–Trinajstić information content (AvgIpc) is 3.30. The number of rotatable bonds is 8. The van der Waals surface area contributed by atoms with Crippen molar-refractivity contribution in [1.29, 1.82) is 0 Å². The van der Waals surface area contributed by atoms with Crippen LogP contribution in [0, 0.1) is 0 Å². The number of nitrogens with zero attached hydrogens (tertiary/aromatic N) is 4. The van der Waals surface area contributed by atoms with Crippen LogP contribution in [0.25, 0.3) is 43.6 Å². The molecule has 18 nitrogen and oxygen atoms in total. The first-order valence-corrected chi connectivity index (χ1v) is 25.0. The van der Waals surface area contributed by atoms with Crippen LogP contribution in [-0.2, 0) is 59.0 Å². The van der Waals surface area contributed by atoms with Crippen LogP contribution in [0.3, 0.4) is 0 Å². The van der Waals surface area contributed by atoms with Crippen molar-refractivity contribution in [1.82, 2.24) is 19.9 Å². The molecule has 4 heterocycles. The quantitative estimate of drug-likeness (QED) is 0.0678. The number of aromatic nitrogens is 4. The molecule has 74 heavy (non-hydrogen) atoms. The van der Waals surface area contributed by atoms with Crippen LogP contribution in [-0.4, -0.2) is 55.3 Å². The molecular weight excluding hydrogens is 1140 g/mol. The van der Waals surface area contributed by atoms with Gasteiger partial charge in [0.2, 0.25) is 0 Å². The summed E-state index contributed by atoms with van der Waals surface area (Å²) >= 11 is 12.0. The number of benzene rings is 4. The van der Waals surface area contributed by atoms with Crippen LogP contribution in [0.1, 0.15) is 101 Å². The number of phosphoric ester groups is 2. The molecule has 8 rings (SSSR count). The number of hydrogen-bond donors (Lipinski definition) is 2. The van der Waals surface area contributed by atoms with Crippen molar-refractivity contribution >= 4 is 82.5 Å². The van der Waals surface area contributed by atoms with Crippen molar-refractivity contribution < 1.29 is 109 Å². The predicted octanol–water partition coefficient (Wildman–Crippen LogP) is 6.87. The van der Waals surface area contributed by atoms with Gasteiger partial charge in [0.1, 0.15) is 27.1 Å². The van der Waals surface area contributed by atoms with Gasteiger partial charge in [0.15, 0.2) is 0 Å². The molecule has 0 saturated heterocycles. The zero-order valence-electron chi connectivity index (χ0n) is 43.0. The molecule has 396 valence electrons. The van der Waals surface area contributed by atoms with Crippen molar-refractivity contribution in [2.45, 2.75) is 79.1 Å². The number of phosphoric acid groups is 2. The van der Waals surface area contributed by atoms with Gasteiger partial charge in [-0.25, -0.2) is 0 Å². The molecule has 0 spiro atoms. The number of hydrogen-bond acceptors (Lipinski definition) is 14. The summed E-state index contributed by atoms with van der Waals surface area (Å²) in [5.41, 5.74) is 6.40. The Morgan fingerprint density at radius 1 is 0.432 bits per heavy atom. The summed E-state index contributed by atoms with van der Waals surface area (Å²) in [6, 6.07) is 30.8. The minimum Gasteiger partial charge on any atom is -0.780 e. The molecule has 0 bridgehead atoms. The molecule has 0 unspecified atom stereocenters. The van der Waals surface area contributed by atoms with E-state index in [1.807, 2.05) is 79.7 Å². The predicted molar refractivity (Wildman–Crippen MR) is 283 cm³/mol. The van der Waals surface area contributed by atoms with Crippen molar-refractivity contribution in [3.63, 3.8) is 0 Å². The van der Waals surface area contributed by atoms with Crippen LogP contribution < -0.4 is 28.6 Å². The Hall–Kier alpha value is -3.99. The fraction of sp³-hybridized carbons (Fsp3) is 0.280. The van der Waals surface area contributed by atoms with E-state index in [1.165, 1.54) is 0 Å². The summed E-state index contributed by atoms with van der Waals surface area (Å²) in [5, 5.41) is 19.6. The zero-order valence-corrected chi connectivity index (χ0v) is 52.3. The second-order valence-corrected chi connectivity index (χ2v) is 19.0. The van der Waals surface area contributed by atoms with Crippen molar-refractivity contribution in [3.05, 3.63) is 154 Å². The number of aliphatic hydroxyl groups excluding tert-OH is 2. The van der Waals surface area contributed by atoms with E-state index in [4.69, 9.17) is 33.4 Å². The molecule has 24 heteroatoms. The Bertz CT molecular complexity index is 2640. The average molecular weight is 1210 g/mol. The smallest absolute Gasteiger partial charge is 0.780 e. The fourth-order valence-electron chi connectivity index (χ4n) is 6.78. The summed E-state index contributed by atoms with van der Waals surface area (Å²) in [5.74, 6) is 0.256. The van der Waals surface area contributed by atoms with Crippen LogP contribution in [0.2, 0.25) is 10.0 Å². The molecule has 0 fully saturated rings. The van der Waals surface area contributed by atoms with E-state index >= 15 is 0 Å². The fourth-order valence-corrected chi connectivity index (χ4v) is 8.12. The van der Waals surface area contributed by atoms with Crippen molar-refractivity contribution in [2.24, 2.45) is 0 Å². The van der Waals surface area contributed by atoms with Gasteiger partial charge in [-0.05, 0) is 94.5 Å². The zero-order chi connectivity index (χ0) is 50.9. The molecule has 0 aliphatic rings. The van der Waals surface area contributed by atoms with E-state index in [0.717, 1.165) is 57.8 Å². The first-order chi connectivity index (χ1) is 32.1.